The number of ether oxygens (including phenoxy) is 2. The summed E-state index contributed by atoms with van der Waals surface area (Å²) in [6.07, 6.45) is 1.02. The highest BCUT2D eigenvalue weighted by Crippen LogP contribution is 2.27. The van der Waals surface area contributed by atoms with Gasteiger partial charge in [-0.15, -0.1) is 0 Å². The second-order valence-corrected chi connectivity index (χ2v) is 8.66. The predicted molar refractivity (Wildman–Crippen MR) is 135 cm³/mol. The largest absolute Gasteiger partial charge is 0.494 e. The molecule has 0 fully saturated rings. The number of nitrogens with zero attached hydrogens (tertiary/aromatic N) is 3. The van der Waals surface area contributed by atoms with Gasteiger partial charge < -0.3 is 14.4 Å². The molecular weight excluding hydrogens is 430 g/mol. The molecule has 182 valence electrons. The minimum atomic E-state index is -0.384. The molecule has 2 aromatic carbocycles. The zero-order chi connectivity index (χ0) is 24.7. The van der Waals surface area contributed by atoms with Gasteiger partial charge in [-0.05, 0) is 55.7 Å². The van der Waals surface area contributed by atoms with Crippen LogP contribution in [-0.4, -0.2) is 47.2 Å². The van der Waals surface area contributed by atoms with Crippen molar-refractivity contribution in [1.82, 2.24) is 14.5 Å². The van der Waals surface area contributed by atoms with E-state index in [1.807, 2.05) is 75.1 Å². The maximum Gasteiger partial charge on any atom is 0.266 e. The summed E-state index contributed by atoms with van der Waals surface area (Å²) in [6, 6.07) is 14.3. The number of carbonyl (C=O) groups excluding carboxylic acids is 1. The van der Waals surface area contributed by atoms with Crippen LogP contribution in [0.1, 0.15) is 52.4 Å². The average molecular weight is 466 g/mol. The molecular formula is C27H35N3O4. The molecule has 3 aromatic rings. The molecule has 7 nitrogen and oxygen atoms in total. The number of benzene rings is 2. The molecule has 0 aliphatic carbocycles. The number of fused-ring (bicyclic) bond motifs is 1. The maximum atomic E-state index is 13.7. The molecule has 0 spiro atoms. The van der Waals surface area contributed by atoms with E-state index in [4.69, 9.17) is 14.5 Å². The van der Waals surface area contributed by atoms with Gasteiger partial charge in [0.2, 0.25) is 5.91 Å². The van der Waals surface area contributed by atoms with E-state index in [0.717, 1.165) is 5.75 Å². The van der Waals surface area contributed by atoms with Gasteiger partial charge in [-0.1, -0.05) is 32.9 Å². The lowest BCUT2D eigenvalue weighted by molar-refractivity contribution is -0.135. The molecule has 0 N–H and O–H groups in total. The third-order valence-electron chi connectivity index (χ3n) is 5.71. The van der Waals surface area contributed by atoms with Crippen molar-refractivity contribution >= 4 is 16.8 Å². The van der Waals surface area contributed by atoms with Gasteiger partial charge in [0.15, 0.2) is 0 Å². The molecule has 1 heterocycles. The van der Waals surface area contributed by atoms with E-state index in [0.29, 0.717) is 55.0 Å². The van der Waals surface area contributed by atoms with E-state index in [-0.39, 0.29) is 23.4 Å². The highest BCUT2D eigenvalue weighted by atomic mass is 16.5. The van der Waals surface area contributed by atoms with E-state index in [1.165, 1.54) is 0 Å². The fourth-order valence-corrected chi connectivity index (χ4v) is 4.13. The first kappa shape index (κ1) is 25.4. The van der Waals surface area contributed by atoms with Gasteiger partial charge in [-0.3, -0.25) is 14.2 Å². The third kappa shape index (κ3) is 5.65. The molecule has 0 radical (unpaired) electrons. The van der Waals surface area contributed by atoms with Crippen molar-refractivity contribution in [2.24, 2.45) is 5.92 Å². The molecule has 0 saturated carbocycles. The van der Waals surface area contributed by atoms with Crippen LogP contribution in [0.5, 0.6) is 5.75 Å². The zero-order valence-electron chi connectivity index (χ0n) is 20.8. The Morgan fingerprint density at radius 2 is 1.79 bits per heavy atom. The van der Waals surface area contributed by atoms with Crippen molar-refractivity contribution in [3.05, 3.63) is 64.7 Å². The van der Waals surface area contributed by atoms with Gasteiger partial charge in [0, 0.05) is 20.1 Å². The first-order chi connectivity index (χ1) is 16.4. The smallest absolute Gasteiger partial charge is 0.266 e. The number of methoxy groups -OCH3 is 1. The second kappa shape index (κ2) is 11.8. The van der Waals surface area contributed by atoms with Crippen molar-refractivity contribution in [2.45, 2.75) is 46.6 Å². The van der Waals surface area contributed by atoms with E-state index in [1.54, 1.807) is 17.7 Å². The lowest BCUT2D eigenvalue weighted by atomic mass is 10.1. The van der Waals surface area contributed by atoms with E-state index < -0.39 is 0 Å². The molecule has 3 rings (SSSR count). The van der Waals surface area contributed by atoms with Crippen molar-refractivity contribution in [3.8, 4) is 11.4 Å². The van der Waals surface area contributed by atoms with Crippen LogP contribution in [0.2, 0.25) is 0 Å². The molecule has 0 aliphatic heterocycles. The molecule has 0 aliphatic rings. The zero-order valence-corrected chi connectivity index (χ0v) is 20.8. The Kier molecular flexibility index (Phi) is 8.82. The minimum absolute atomic E-state index is 0.0274. The Balaban J connectivity index is 2.22. The van der Waals surface area contributed by atoms with Gasteiger partial charge in [0.05, 0.1) is 35.8 Å². The molecule has 1 amide bonds. The summed E-state index contributed by atoms with van der Waals surface area (Å²) in [4.78, 5) is 33.8. The number of carbonyl (C=O) groups is 1. The number of aromatic nitrogens is 2. The van der Waals surface area contributed by atoms with Crippen LogP contribution in [0, 0.1) is 5.92 Å². The van der Waals surface area contributed by atoms with Crippen molar-refractivity contribution in [1.29, 1.82) is 0 Å². The van der Waals surface area contributed by atoms with E-state index >= 15 is 0 Å². The van der Waals surface area contributed by atoms with Crippen LogP contribution in [-0.2, 0) is 9.53 Å². The summed E-state index contributed by atoms with van der Waals surface area (Å²) >= 11 is 0. The summed E-state index contributed by atoms with van der Waals surface area (Å²) in [5.74, 6) is 1.52. The van der Waals surface area contributed by atoms with Crippen LogP contribution >= 0.6 is 0 Å². The Labute approximate surface area is 201 Å². The van der Waals surface area contributed by atoms with Crippen molar-refractivity contribution < 1.29 is 14.3 Å². The standard InChI is InChI=1S/C27H35N3O4/c1-6-24(29(16-17-33-5)25(31)18-19(3)4)26-28-23-11-9-8-10-22(23)27(32)30(26)20-12-14-21(15-13-20)34-7-2/h8-15,19,24H,6-7,16-18H2,1-5H3/t24-/m0/s1. The normalized spacial score (nSPS) is 12.2. The number of hydrogen-bond donors (Lipinski definition) is 0. The number of amides is 1. The third-order valence-corrected chi connectivity index (χ3v) is 5.71. The average Bonchev–Trinajstić information content (AvgIpc) is 2.82. The van der Waals surface area contributed by atoms with Crippen LogP contribution < -0.4 is 10.3 Å². The molecule has 34 heavy (non-hydrogen) atoms. The molecule has 0 saturated heterocycles. The topological polar surface area (TPSA) is 73.7 Å². The minimum Gasteiger partial charge on any atom is -0.494 e. The Morgan fingerprint density at radius 3 is 2.41 bits per heavy atom. The molecule has 1 atom stereocenters. The van der Waals surface area contributed by atoms with Crippen molar-refractivity contribution in [3.63, 3.8) is 0 Å². The first-order valence-electron chi connectivity index (χ1n) is 11.9. The van der Waals surface area contributed by atoms with E-state index in [2.05, 4.69) is 0 Å². The van der Waals surface area contributed by atoms with Crippen LogP contribution in [0.3, 0.4) is 0 Å². The number of hydrogen-bond acceptors (Lipinski definition) is 5. The Hall–Kier alpha value is -3.19. The fourth-order valence-electron chi connectivity index (χ4n) is 4.13. The quantitative estimate of drug-likeness (QED) is 0.408. The summed E-state index contributed by atoms with van der Waals surface area (Å²) < 4.78 is 12.5. The molecule has 0 bridgehead atoms. The highest BCUT2D eigenvalue weighted by molar-refractivity contribution is 5.79. The van der Waals surface area contributed by atoms with E-state index in [9.17, 15) is 9.59 Å². The van der Waals surface area contributed by atoms with Gasteiger partial charge in [0.1, 0.15) is 11.6 Å². The SMILES string of the molecule is CCOc1ccc(-n2c([C@H](CC)N(CCOC)C(=O)CC(C)C)nc3ccccc3c2=O)cc1. The van der Waals surface area contributed by atoms with Crippen molar-refractivity contribution in [2.75, 3.05) is 26.9 Å². The highest BCUT2D eigenvalue weighted by Gasteiger charge is 2.29. The van der Waals surface area contributed by atoms with Gasteiger partial charge >= 0.3 is 0 Å². The summed E-state index contributed by atoms with van der Waals surface area (Å²) in [6.45, 7) is 9.38. The molecule has 1 aromatic heterocycles. The molecule has 0 unspecified atom stereocenters. The first-order valence-corrected chi connectivity index (χ1v) is 11.9. The summed E-state index contributed by atoms with van der Waals surface area (Å²) in [7, 11) is 1.62. The monoisotopic (exact) mass is 465 g/mol. The number of para-hydroxylation sites is 1. The second-order valence-electron chi connectivity index (χ2n) is 8.66. The predicted octanol–water partition coefficient (Wildman–Crippen LogP) is 4.76. The van der Waals surface area contributed by atoms with Crippen LogP contribution in [0.15, 0.2) is 53.3 Å². The van der Waals surface area contributed by atoms with Crippen LogP contribution in [0.25, 0.3) is 16.6 Å². The van der Waals surface area contributed by atoms with Gasteiger partial charge in [-0.2, -0.15) is 0 Å². The Bertz CT molecular complexity index is 1150. The lowest BCUT2D eigenvalue weighted by Crippen LogP contribution is -2.40. The number of rotatable bonds is 11. The molecule has 7 heteroatoms. The summed E-state index contributed by atoms with van der Waals surface area (Å²) in [5.41, 5.74) is 1.14. The Morgan fingerprint density at radius 1 is 1.09 bits per heavy atom. The summed E-state index contributed by atoms with van der Waals surface area (Å²) in [5, 5.41) is 0.534. The fraction of sp³-hybridized carbons (Fsp3) is 0.444. The van der Waals surface area contributed by atoms with Crippen LogP contribution in [0.4, 0.5) is 0 Å². The van der Waals surface area contributed by atoms with Gasteiger partial charge in [0.25, 0.3) is 5.56 Å². The van der Waals surface area contributed by atoms with Gasteiger partial charge in [-0.25, -0.2) is 4.98 Å². The lowest BCUT2D eigenvalue weighted by Gasteiger charge is -2.32. The maximum absolute atomic E-state index is 13.7.